The number of carbonyl (C=O) groups is 2. The summed E-state index contributed by atoms with van der Waals surface area (Å²) < 4.78 is 35.5. The average Bonchev–Trinajstić information content (AvgIpc) is 3.09. The van der Waals surface area contributed by atoms with Crippen LogP contribution in [0.5, 0.6) is 11.5 Å². The molecule has 1 saturated carbocycles. The van der Waals surface area contributed by atoms with E-state index in [4.69, 9.17) is 16.3 Å². The smallest absolute Gasteiger partial charge is 0.264 e. The number of hydrogen-bond acceptors (Lipinski definition) is 5. The van der Waals surface area contributed by atoms with Gasteiger partial charge >= 0.3 is 0 Å². The van der Waals surface area contributed by atoms with E-state index >= 15 is 0 Å². The number of rotatable bonds is 13. The number of para-hydroxylation sites is 1. The first-order valence-electron chi connectivity index (χ1n) is 16.4. The summed E-state index contributed by atoms with van der Waals surface area (Å²) in [6.07, 6.45) is 5.37. The molecule has 1 unspecified atom stereocenters. The predicted octanol–water partition coefficient (Wildman–Crippen LogP) is 7.89. The van der Waals surface area contributed by atoms with Gasteiger partial charge in [0.2, 0.25) is 11.8 Å². The van der Waals surface area contributed by atoms with Gasteiger partial charge in [0.15, 0.2) is 0 Å². The van der Waals surface area contributed by atoms with Gasteiger partial charge in [0, 0.05) is 17.6 Å². The van der Waals surface area contributed by atoms with Gasteiger partial charge < -0.3 is 15.0 Å². The molecule has 8 nitrogen and oxygen atoms in total. The molecule has 0 aliphatic heterocycles. The Morgan fingerprint density at radius 2 is 1.48 bits per heavy atom. The molecule has 5 rings (SSSR count). The van der Waals surface area contributed by atoms with E-state index in [1.807, 2.05) is 50.2 Å². The van der Waals surface area contributed by atoms with E-state index in [-0.39, 0.29) is 29.1 Å². The molecule has 48 heavy (non-hydrogen) atoms. The van der Waals surface area contributed by atoms with Crippen molar-refractivity contribution < 1.29 is 22.7 Å². The van der Waals surface area contributed by atoms with Crippen LogP contribution in [0.15, 0.2) is 108 Å². The van der Waals surface area contributed by atoms with Gasteiger partial charge in [-0.25, -0.2) is 8.42 Å². The van der Waals surface area contributed by atoms with Gasteiger partial charge in [0.1, 0.15) is 24.1 Å². The van der Waals surface area contributed by atoms with Crippen LogP contribution >= 0.6 is 11.6 Å². The standard InChI is InChI=1S/C38H42ClN3O5S/c1-3-36(38(44)40-30-13-6-4-7-14-30)41(26-29-12-10-11-17-35(29)39)37(43)27-42(48(45,46)34-24-18-28(2)19-25-34)31-20-22-33(23-21-31)47-32-15-8-5-9-16-32/h5,8-12,15-25,30,36H,3-4,6-7,13-14,26-27H2,1-2H3,(H,40,44). The molecule has 0 heterocycles. The van der Waals surface area contributed by atoms with Crippen molar-refractivity contribution in [2.75, 3.05) is 10.8 Å². The zero-order valence-electron chi connectivity index (χ0n) is 27.3. The van der Waals surface area contributed by atoms with Gasteiger partial charge in [0.05, 0.1) is 10.6 Å². The molecule has 0 bridgehead atoms. The van der Waals surface area contributed by atoms with Crippen molar-refractivity contribution >= 4 is 39.1 Å². The zero-order valence-corrected chi connectivity index (χ0v) is 28.9. The summed E-state index contributed by atoms with van der Waals surface area (Å²) in [5, 5.41) is 3.62. The van der Waals surface area contributed by atoms with E-state index in [0.717, 1.165) is 42.0 Å². The fourth-order valence-electron chi connectivity index (χ4n) is 5.95. The molecule has 0 spiro atoms. The third-order valence-electron chi connectivity index (χ3n) is 8.63. The minimum absolute atomic E-state index is 0.0391. The summed E-state index contributed by atoms with van der Waals surface area (Å²) in [6, 6.07) is 28.7. The molecule has 4 aromatic carbocycles. The highest BCUT2D eigenvalue weighted by Crippen LogP contribution is 2.29. The van der Waals surface area contributed by atoms with Crippen LogP contribution < -0.4 is 14.4 Å². The maximum absolute atomic E-state index is 14.5. The lowest BCUT2D eigenvalue weighted by atomic mass is 9.95. The van der Waals surface area contributed by atoms with Crippen LogP contribution in [0.25, 0.3) is 0 Å². The van der Waals surface area contributed by atoms with Gasteiger partial charge in [-0.05, 0) is 86.3 Å². The number of sulfonamides is 1. The maximum Gasteiger partial charge on any atom is 0.264 e. The van der Waals surface area contributed by atoms with Crippen molar-refractivity contribution in [2.24, 2.45) is 0 Å². The number of hydrogen-bond donors (Lipinski definition) is 1. The SMILES string of the molecule is CCC(C(=O)NC1CCCCC1)N(Cc1ccccc1Cl)C(=O)CN(c1ccc(Oc2ccccc2)cc1)S(=O)(=O)c1ccc(C)cc1. The number of nitrogens with zero attached hydrogens (tertiary/aromatic N) is 2. The highest BCUT2D eigenvalue weighted by atomic mass is 35.5. The Hall–Kier alpha value is -4.34. The van der Waals surface area contributed by atoms with Crippen molar-refractivity contribution in [3.05, 3.63) is 119 Å². The number of anilines is 1. The molecular weight excluding hydrogens is 646 g/mol. The van der Waals surface area contributed by atoms with E-state index in [0.29, 0.717) is 28.5 Å². The van der Waals surface area contributed by atoms with E-state index in [1.54, 1.807) is 54.6 Å². The molecule has 1 aliphatic rings. The first kappa shape index (κ1) is 35.0. The lowest BCUT2D eigenvalue weighted by Gasteiger charge is -2.34. The monoisotopic (exact) mass is 687 g/mol. The molecule has 2 amide bonds. The highest BCUT2D eigenvalue weighted by Gasteiger charge is 2.34. The summed E-state index contributed by atoms with van der Waals surface area (Å²) in [5.41, 5.74) is 1.84. The summed E-state index contributed by atoms with van der Waals surface area (Å²) in [6.45, 7) is 3.23. The largest absolute Gasteiger partial charge is 0.457 e. The number of carbonyl (C=O) groups excluding carboxylic acids is 2. The molecule has 1 N–H and O–H groups in total. The van der Waals surface area contributed by atoms with Crippen molar-refractivity contribution in [3.63, 3.8) is 0 Å². The van der Waals surface area contributed by atoms with Crippen molar-refractivity contribution in [2.45, 2.75) is 75.9 Å². The summed E-state index contributed by atoms with van der Waals surface area (Å²) in [7, 11) is -4.21. The Kier molecular flexibility index (Phi) is 11.8. The number of aryl methyl sites for hydroxylation is 1. The summed E-state index contributed by atoms with van der Waals surface area (Å²) in [5.74, 6) is 0.368. The van der Waals surface area contributed by atoms with Crippen molar-refractivity contribution in [1.29, 1.82) is 0 Å². The molecule has 0 aromatic heterocycles. The third kappa shape index (κ3) is 8.76. The molecule has 0 radical (unpaired) electrons. The Morgan fingerprint density at radius 1 is 0.854 bits per heavy atom. The van der Waals surface area contributed by atoms with Gasteiger partial charge in [-0.3, -0.25) is 13.9 Å². The molecule has 1 aliphatic carbocycles. The van der Waals surface area contributed by atoms with Gasteiger partial charge in [-0.2, -0.15) is 0 Å². The number of halogens is 1. The highest BCUT2D eigenvalue weighted by molar-refractivity contribution is 7.92. The fraction of sp³-hybridized carbons (Fsp3) is 0.316. The number of ether oxygens (including phenoxy) is 1. The zero-order chi connectivity index (χ0) is 34.1. The van der Waals surface area contributed by atoms with Crippen molar-refractivity contribution in [1.82, 2.24) is 10.2 Å². The van der Waals surface area contributed by atoms with Gasteiger partial charge in [-0.15, -0.1) is 0 Å². The second-order valence-corrected chi connectivity index (χ2v) is 14.4. The molecule has 0 saturated heterocycles. The van der Waals surface area contributed by atoms with E-state index < -0.39 is 28.5 Å². The van der Waals surface area contributed by atoms with E-state index in [9.17, 15) is 18.0 Å². The van der Waals surface area contributed by atoms with Crippen LogP contribution in [0.3, 0.4) is 0 Å². The molecule has 1 fully saturated rings. The lowest BCUT2D eigenvalue weighted by Crippen LogP contribution is -2.54. The van der Waals surface area contributed by atoms with Crippen LogP contribution in [-0.4, -0.2) is 43.8 Å². The van der Waals surface area contributed by atoms with Gasteiger partial charge in [0.25, 0.3) is 10.0 Å². The third-order valence-corrected chi connectivity index (χ3v) is 10.8. The summed E-state index contributed by atoms with van der Waals surface area (Å²) >= 11 is 6.54. The quantitative estimate of drug-likeness (QED) is 0.154. The van der Waals surface area contributed by atoms with Crippen LogP contribution in [0.2, 0.25) is 5.02 Å². The van der Waals surface area contributed by atoms with Crippen molar-refractivity contribution in [3.8, 4) is 11.5 Å². The maximum atomic E-state index is 14.5. The Bertz CT molecular complexity index is 1780. The Labute approximate surface area is 288 Å². The minimum Gasteiger partial charge on any atom is -0.457 e. The Balaban J connectivity index is 1.49. The number of benzene rings is 4. The van der Waals surface area contributed by atoms with Crippen LogP contribution in [0.1, 0.15) is 56.6 Å². The van der Waals surface area contributed by atoms with Crippen LogP contribution in [0, 0.1) is 6.92 Å². The van der Waals surface area contributed by atoms with Crippen LogP contribution in [0.4, 0.5) is 5.69 Å². The second kappa shape index (κ2) is 16.2. The normalized spacial score (nSPS) is 14.1. The topological polar surface area (TPSA) is 96.0 Å². The van der Waals surface area contributed by atoms with Crippen LogP contribution in [-0.2, 0) is 26.2 Å². The molecule has 4 aromatic rings. The fourth-order valence-corrected chi connectivity index (χ4v) is 7.55. The lowest BCUT2D eigenvalue weighted by molar-refractivity contribution is -0.140. The Morgan fingerprint density at radius 3 is 2.12 bits per heavy atom. The number of nitrogens with one attached hydrogen (secondary N) is 1. The molecule has 252 valence electrons. The first-order valence-corrected chi connectivity index (χ1v) is 18.2. The second-order valence-electron chi connectivity index (χ2n) is 12.1. The van der Waals surface area contributed by atoms with E-state index in [1.165, 1.54) is 17.0 Å². The minimum atomic E-state index is -4.21. The van der Waals surface area contributed by atoms with E-state index in [2.05, 4.69) is 5.32 Å². The van der Waals surface area contributed by atoms with Gasteiger partial charge in [-0.1, -0.05) is 91.9 Å². The average molecular weight is 688 g/mol. The summed E-state index contributed by atoms with van der Waals surface area (Å²) in [4.78, 5) is 29.7. The molecule has 10 heteroatoms. The predicted molar refractivity (Wildman–Crippen MR) is 190 cm³/mol. The molecular formula is C38H42ClN3O5S. The first-order chi connectivity index (χ1) is 23.2. The number of amides is 2. The molecule has 1 atom stereocenters.